The lowest BCUT2D eigenvalue weighted by Crippen LogP contribution is -2.12. The highest BCUT2D eigenvalue weighted by molar-refractivity contribution is 6.09. The van der Waals surface area contributed by atoms with E-state index < -0.39 is 23.4 Å². The first-order valence-electron chi connectivity index (χ1n) is 12.5. The second kappa shape index (κ2) is 10.0. The van der Waals surface area contributed by atoms with E-state index in [4.69, 9.17) is 4.74 Å². The summed E-state index contributed by atoms with van der Waals surface area (Å²) in [4.78, 5) is 28.8. The third-order valence-electron chi connectivity index (χ3n) is 6.81. The summed E-state index contributed by atoms with van der Waals surface area (Å²) in [6.07, 6.45) is 3.20. The highest BCUT2D eigenvalue weighted by Crippen LogP contribution is 2.46. The summed E-state index contributed by atoms with van der Waals surface area (Å²) in [5.74, 6) is -3.09. The molecular formula is C29H22F3N7O2. The van der Waals surface area contributed by atoms with E-state index in [2.05, 4.69) is 37.1 Å². The number of nitrogens with one attached hydrogen (secondary N) is 2. The van der Waals surface area contributed by atoms with Crippen LogP contribution in [0.3, 0.4) is 0 Å². The zero-order chi connectivity index (χ0) is 28.8. The standard InChI is InChI=1S/C29H22F3N7O2/c1-14-8-10-34-29(37-14)41-21-7-6-17-18(24(21)32)9-11-33-26-23-22(17)25(39(3)27(23)36-13-35-26)19-5-4-16(12-20(19)31)38-28(40)15(2)30/h4-8,10,12-13H,2,9,11H2,1,3H3,(H,38,40)(H,33,35,36). The van der Waals surface area contributed by atoms with Gasteiger partial charge in [0.05, 0.1) is 11.1 Å². The van der Waals surface area contributed by atoms with Gasteiger partial charge < -0.3 is 19.9 Å². The average Bonchev–Trinajstić information content (AvgIpc) is 3.22. The molecule has 0 bridgehead atoms. The van der Waals surface area contributed by atoms with E-state index in [1.165, 1.54) is 30.7 Å². The largest absolute Gasteiger partial charge is 0.421 e. The summed E-state index contributed by atoms with van der Waals surface area (Å²) in [5.41, 5.74) is 3.16. The van der Waals surface area contributed by atoms with E-state index >= 15 is 8.78 Å². The average molecular weight is 558 g/mol. The van der Waals surface area contributed by atoms with Gasteiger partial charge in [-0.05, 0) is 49.2 Å². The number of ether oxygens (including phenoxy) is 1. The number of nitrogens with zero attached hydrogens (tertiary/aromatic N) is 5. The second-order valence-corrected chi connectivity index (χ2v) is 9.42. The fourth-order valence-electron chi connectivity index (χ4n) is 4.98. The summed E-state index contributed by atoms with van der Waals surface area (Å²) < 4.78 is 52.3. The molecule has 0 saturated carbocycles. The van der Waals surface area contributed by atoms with Gasteiger partial charge in [-0.1, -0.05) is 12.6 Å². The molecule has 12 heteroatoms. The van der Waals surface area contributed by atoms with Crippen LogP contribution in [-0.2, 0) is 18.3 Å². The Hall–Kier alpha value is -5.26. The molecule has 0 unspecified atom stereocenters. The van der Waals surface area contributed by atoms with Gasteiger partial charge in [-0.15, -0.1) is 0 Å². The molecule has 5 aromatic rings. The molecule has 41 heavy (non-hydrogen) atoms. The number of carbonyl (C=O) groups is 1. The number of halogens is 3. The van der Waals surface area contributed by atoms with Crippen LogP contribution in [0, 0.1) is 18.6 Å². The van der Waals surface area contributed by atoms with Crippen molar-refractivity contribution >= 4 is 28.4 Å². The van der Waals surface area contributed by atoms with Crippen molar-refractivity contribution in [3.05, 3.63) is 84.2 Å². The molecule has 1 amide bonds. The van der Waals surface area contributed by atoms with Gasteiger partial charge in [0.2, 0.25) is 0 Å². The number of benzene rings is 2. The van der Waals surface area contributed by atoms with Crippen LogP contribution in [0.25, 0.3) is 33.4 Å². The van der Waals surface area contributed by atoms with Crippen molar-refractivity contribution in [3.63, 3.8) is 0 Å². The minimum atomic E-state index is -1.20. The topological polar surface area (TPSA) is 107 Å². The van der Waals surface area contributed by atoms with Crippen molar-refractivity contribution in [1.82, 2.24) is 24.5 Å². The summed E-state index contributed by atoms with van der Waals surface area (Å²) in [6.45, 7) is 5.09. The molecule has 9 nitrogen and oxygen atoms in total. The molecule has 3 aromatic heterocycles. The maximum Gasteiger partial charge on any atom is 0.322 e. The number of hydrogen-bond donors (Lipinski definition) is 2. The maximum absolute atomic E-state index is 16.1. The van der Waals surface area contributed by atoms with Crippen LogP contribution in [0.1, 0.15) is 11.3 Å². The Kier molecular flexibility index (Phi) is 6.37. The van der Waals surface area contributed by atoms with E-state index in [1.807, 2.05) is 0 Å². The van der Waals surface area contributed by atoms with Crippen molar-refractivity contribution in [2.24, 2.45) is 7.05 Å². The summed E-state index contributed by atoms with van der Waals surface area (Å²) >= 11 is 0. The van der Waals surface area contributed by atoms with Gasteiger partial charge in [0.1, 0.15) is 23.6 Å². The van der Waals surface area contributed by atoms with Gasteiger partial charge >= 0.3 is 6.01 Å². The quantitative estimate of drug-likeness (QED) is 0.261. The first kappa shape index (κ1) is 26.0. The first-order valence-corrected chi connectivity index (χ1v) is 12.5. The summed E-state index contributed by atoms with van der Waals surface area (Å²) in [7, 11) is 1.72. The number of hydrogen-bond acceptors (Lipinski definition) is 7. The normalized spacial score (nSPS) is 12.2. The molecule has 1 aliphatic rings. The molecule has 0 aliphatic carbocycles. The molecule has 0 fully saturated rings. The third-order valence-corrected chi connectivity index (χ3v) is 6.81. The fraction of sp³-hybridized carbons (Fsp3) is 0.138. The minimum Gasteiger partial charge on any atom is -0.421 e. The highest BCUT2D eigenvalue weighted by atomic mass is 19.1. The van der Waals surface area contributed by atoms with Gasteiger partial charge in [0.25, 0.3) is 5.91 Å². The van der Waals surface area contributed by atoms with Crippen molar-refractivity contribution in [1.29, 1.82) is 0 Å². The van der Waals surface area contributed by atoms with Gasteiger partial charge in [-0.3, -0.25) is 4.79 Å². The Morgan fingerprint density at radius 3 is 2.68 bits per heavy atom. The highest BCUT2D eigenvalue weighted by Gasteiger charge is 2.29. The number of anilines is 2. The van der Waals surface area contributed by atoms with E-state index in [0.717, 1.165) is 6.07 Å². The zero-order valence-corrected chi connectivity index (χ0v) is 21.9. The Labute approximate surface area is 231 Å². The number of carbonyl (C=O) groups excluding carboxylic acids is 1. The van der Waals surface area contributed by atoms with E-state index in [0.29, 0.717) is 51.5 Å². The van der Waals surface area contributed by atoms with Crippen LogP contribution in [0.4, 0.5) is 24.7 Å². The van der Waals surface area contributed by atoms with Crippen LogP contribution in [-0.4, -0.2) is 37.0 Å². The number of amides is 1. The maximum atomic E-state index is 16.1. The zero-order valence-electron chi connectivity index (χ0n) is 21.9. The van der Waals surface area contributed by atoms with Gasteiger partial charge in [-0.25, -0.2) is 33.1 Å². The van der Waals surface area contributed by atoms with Crippen molar-refractivity contribution in [2.45, 2.75) is 13.3 Å². The van der Waals surface area contributed by atoms with E-state index in [-0.39, 0.29) is 29.4 Å². The monoisotopic (exact) mass is 557 g/mol. The molecule has 0 radical (unpaired) electrons. The summed E-state index contributed by atoms with van der Waals surface area (Å²) in [6, 6.07) is 8.89. The van der Waals surface area contributed by atoms with Crippen molar-refractivity contribution < 1.29 is 22.7 Å². The lowest BCUT2D eigenvalue weighted by atomic mass is 9.91. The molecule has 0 atom stereocenters. The Morgan fingerprint density at radius 2 is 1.93 bits per heavy atom. The molecule has 206 valence electrons. The number of fused-ring (bicyclic) bond motifs is 2. The molecule has 6 rings (SSSR count). The Morgan fingerprint density at radius 1 is 1.12 bits per heavy atom. The molecule has 0 saturated heterocycles. The Bertz CT molecular complexity index is 1890. The van der Waals surface area contributed by atoms with Gasteiger partial charge in [0.15, 0.2) is 17.4 Å². The number of aryl methyl sites for hydroxylation is 2. The first-order chi connectivity index (χ1) is 19.7. The number of rotatable bonds is 5. The fourth-order valence-corrected chi connectivity index (χ4v) is 4.98. The van der Waals surface area contributed by atoms with Crippen LogP contribution in [0.2, 0.25) is 0 Å². The molecule has 2 aromatic carbocycles. The lowest BCUT2D eigenvalue weighted by molar-refractivity contribution is -0.114. The second-order valence-electron chi connectivity index (χ2n) is 9.42. The lowest BCUT2D eigenvalue weighted by Gasteiger charge is -2.19. The Balaban J connectivity index is 1.55. The van der Waals surface area contributed by atoms with Crippen LogP contribution >= 0.6 is 0 Å². The van der Waals surface area contributed by atoms with Crippen molar-refractivity contribution in [2.75, 3.05) is 17.2 Å². The van der Waals surface area contributed by atoms with Gasteiger partial charge in [-0.2, -0.15) is 0 Å². The molecule has 1 aliphatic heterocycles. The molecular weight excluding hydrogens is 535 g/mol. The molecule has 2 N–H and O–H groups in total. The predicted octanol–water partition coefficient (Wildman–Crippen LogP) is 5.86. The smallest absolute Gasteiger partial charge is 0.322 e. The minimum absolute atomic E-state index is 0.0138. The van der Waals surface area contributed by atoms with Crippen LogP contribution < -0.4 is 15.4 Å². The SMILES string of the molecule is C=C(F)C(=O)Nc1ccc(-c2c3c4c(ncnc4n2C)NCCc2c-3ccc(Oc3nccc(C)n3)c2F)c(F)c1. The van der Waals surface area contributed by atoms with Crippen LogP contribution in [0.5, 0.6) is 11.8 Å². The molecule has 4 heterocycles. The van der Waals surface area contributed by atoms with Crippen molar-refractivity contribution in [3.8, 4) is 34.1 Å². The third kappa shape index (κ3) is 4.52. The van der Waals surface area contributed by atoms with E-state index in [9.17, 15) is 9.18 Å². The van der Waals surface area contributed by atoms with Gasteiger partial charge in [0, 0.05) is 47.9 Å². The summed E-state index contributed by atoms with van der Waals surface area (Å²) in [5, 5.41) is 6.09. The molecule has 0 spiro atoms. The van der Waals surface area contributed by atoms with Crippen LogP contribution in [0.15, 0.2) is 61.3 Å². The van der Waals surface area contributed by atoms with E-state index in [1.54, 1.807) is 30.7 Å². The number of aromatic nitrogens is 5. The predicted molar refractivity (Wildman–Crippen MR) is 147 cm³/mol.